The Morgan fingerprint density at radius 2 is 2.37 bits per heavy atom. The van der Waals surface area contributed by atoms with Crippen molar-refractivity contribution < 1.29 is 19.0 Å². The predicted molar refractivity (Wildman–Crippen MR) is 68.3 cm³/mol. The molecule has 1 aromatic rings. The Bertz CT molecular complexity index is 438. The van der Waals surface area contributed by atoms with Crippen LogP contribution >= 0.6 is 0 Å². The van der Waals surface area contributed by atoms with Gasteiger partial charge in [-0.3, -0.25) is 4.79 Å². The van der Waals surface area contributed by atoms with Gasteiger partial charge >= 0.3 is 0 Å². The van der Waals surface area contributed by atoms with Crippen LogP contribution in [0.1, 0.15) is 12.8 Å². The molecule has 1 aliphatic heterocycles. The van der Waals surface area contributed by atoms with Gasteiger partial charge in [-0.1, -0.05) is 6.07 Å². The molecule has 0 bridgehead atoms. The molecule has 0 aromatic heterocycles. The van der Waals surface area contributed by atoms with Gasteiger partial charge in [0.2, 0.25) is 5.91 Å². The highest BCUT2D eigenvalue weighted by molar-refractivity contribution is 5.76. The summed E-state index contributed by atoms with van der Waals surface area (Å²) in [6.45, 7) is 1.69. The summed E-state index contributed by atoms with van der Waals surface area (Å²) in [5.74, 6) is 0.303. The fourth-order valence-electron chi connectivity index (χ4n) is 2.18. The van der Waals surface area contributed by atoms with Gasteiger partial charge in [-0.05, 0) is 18.6 Å². The average Bonchev–Trinajstić information content (AvgIpc) is 2.87. The molecular formula is C14H18FNO3. The number of amides is 1. The molecule has 0 spiro atoms. The van der Waals surface area contributed by atoms with Crippen LogP contribution in [0, 0.1) is 11.7 Å². The average molecular weight is 267 g/mol. The summed E-state index contributed by atoms with van der Waals surface area (Å²) in [4.78, 5) is 13.6. The van der Waals surface area contributed by atoms with Gasteiger partial charge in [-0.15, -0.1) is 0 Å². The highest BCUT2D eigenvalue weighted by Gasteiger charge is 2.25. The number of benzene rings is 1. The standard InChI is InChI=1S/C14H18FNO3/c15-12-2-1-3-13(8-12)19-7-5-14(18)16-6-4-11(9-16)10-17/h1-3,8,11,17H,4-7,9-10H2. The molecular weight excluding hydrogens is 249 g/mol. The van der Waals surface area contributed by atoms with E-state index in [0.29, 0.717) is 18.8 Å². The zero-order valence-corrected chi connectivity index (χ0v) is 10.7. The maximum absolute atomic E-state index is 12.9. The second kappa shape index (κ2) is 6.52. The highest BCUT2D eigenvalue weighted by atomic mass is 19.1. The van der Waals surface area contributed by atoms with Crippen LogP contribution in [0.15, 0.2) is 24.3 Å². The van der Waals surface area contributed by atoms with E-state index in [1.165, 1.54) is 12.1 Å². The molecule has 19 heavy (non-hydrogen) atoms. The van der Waals surface area contributed by atoms with Crippen LogP contribution in [-0.2, 0) is 4.79 Å². The molecule has 1 amide bonds. The summed E-state index contributed by atoms with van der Waals surface area (Å²) in [7, 11) is 0. The lowest BCUT2D eigenvalue weighted by Crippen LogP contribution is -2.30. The number of carbonyl (C=O) groups is 1. The summed E-state index contributed by atoms with van der Waals surface area (Å²) in [5.41, 5.74) is 0. The van der Waals surface area contributed by atoms with E-state index in [2.05, 4.69) is 0 Å². The molecule has 0 radical (unpaired) electrons. The number of aliphatic hydroxyl groups excluding tert-OH is 1. The maximum atomic E-state index is 12.9. The van der Waals surface area contributed by atoms with Crippen molar-refractivity contribution in [3.63, 3.8) is 0 Å². The summed E-state index contributed by atoms with van der Waals surface area (Å²) in [5, 5.41) is 9.02. The number of ether oxygens (including phenoxy) is 1. The molecule has 104 valence electrons. The first-order valence-electron chi connectivity index (χ1n) is 6.46. The van der Waals surface area contributed by atoms with Gasteiger partial charge in [0.05, 0.1) is 13.0 Å². The minimum absolute atomic E-state index is 0.0207. The van der Waals surface area contributed by atoms with Crippen LogP contribution < -0.4 is 4.74 Å². The third-order valence-corrected chi connectivity index (χ3v) is 3.28. The van der Waals surface area contributed by atoms with Crippen molar-refractivity contribution in [3.05, 3.63) is 30.1 Å². The van der Waals surface area contributed by atoms with E-state index in [9.17, 15) is 9.18 Å². The smallest absolute Gasteiger partial charge is 0.226 e. The molecule has 2 rings (SSSR count). The van der Waals surface area contributed by atoms with E-state index < -0.39 is 0 Å². The lowest BCUT2D eigenvalue weighted by Gasteiger charge is -2.16. The second-order valence-corrected chi connectivity index (χ2v) is 4.73. The number of nitrogens with zero attached hydrogens (tertiary/aromatic N) is 1. The molecule has 4 nitrogen and oxygen atoms in total. The topological polar surface area (TPSA) is 49.8 Å². The van der Waals surface area contributed by atoms with Gasteiger partial charge in [0, 0.05) is 31.7 Å². The number of likely N-dealkylation sites (tertiary alicyclic amines) is 1. The number of carbonyl (C=O) groups excluding carboxylic acids is 1. The minimum atomic E-state index is -0.353. The molecule has 5 heteroatoms. The Hall–Kier alpha value is -1.62. The summed E-state index contributed by atoms with van der Waals surface area (Å²) >= 11 is 0. The van der Waals surface area contributed by atoms with E-state index in [0.717, 1.165) is 6.42 Å². The minimum Gasteiger partial charge on any atom is -0.493 e. The van der Waals surface area contributed by atoms with Crippen molar-refractivity contribution in [1.82, 2.24) is 4.90 Å². The van der Waals surface area contributed by atoms with Crippen LogP contribution in [-0.4, -0.2) is 42.2 Å². The molecule has 1 unspecified atom stereocenters. The SMILES string of the molecule is O=C(CCOc1cccc(F)c1)N1CCC(CO)C1. The first-order chi connectivity index (χ1) is 9.19. The molecule has 1 fully saturated rings. The van der Waals surface area contributed by atoms with E-state index in [1.807, 2.05) is 0 Å². The largest absolute Gasteiger partial charge is 0.493 e. The van der Waals surface area contributed by atoms with Gasteiger partial charge in [0.15, 0.2) is 0 Å². The van der Waals surface area contributed by atoms with Crippen molar-refractivity contribution in [2.75, 3.05) is 26.3 Å². The molecule has 1 heterocycles. The fourth-order valence-corrected chi connectivity index (χ4v) is 2.18. The van der Waals surface area contributed by atoms with Crippen LogP contribution in [0.3, 0.4) is 0 Å². The van der Waals surface area contributed by atoms with Gasteiger partial charge in [-0.25, -0.2) is 4.39 Å². The number of rotatable bonds is 5. The lowest BCUT2D eigenvalue weighted by atomic mass is 10.1. The normalized spacial score (nSPS) is 18.6. The van der Waals surface area contributed by atoms with E-state index in [-0.39, 0.29) is 37.3 Å². The number of aliphatic hydroxyl groups is 1. The van der Waals surface area contributed by atoms with Crippen LogP contribution in [0.25, 0.3) is 0 Å². The molecule has 0 aliphatic carbocycles. The fraction of sp³-hybridized carbons (Fsp3) is 0.500. The van der Waals surface area contributed by atoms with Crippen molar-refractivity contribution in [2.45, 2.75) is 12.8 Å². The van der Waals surface area contributed by atoms with Gasteiger partial charge in [0.25, 0.3) is 0 Å². The molecule has 0 saturated carbocycles. The molecule has 1 aromatic carbocycles. The predicted octanol–water partition coefficient (Wildman–Crippen LogP) is 1.44. The van der Waals surface area contributed by atoms with Crippen LogP contribution in [0.5, 0.6) is 5.75 Å². The zero-order chi connectivity index (χ0) is 13.7. The first-order valence-corrected chi connectivity index (χ1v) is 6.46. The Labute approximate surface area is 111 Å². The van der Waals surface area contributed by atoms with E-state index in [4.69, 9.17) is 9.84 Å². The number of hydrogen-bond acceptors (Lipinski definition) is 3. The van der Waals surface area contributed by atoms with Gasteiger partial charge < -0.3 is 14.7 Å². The van der Waals surface area contributed by atoms with Crippen LogP contribution in [0.4, 0.5) is 4.39 Å². The molecule has 1 saturated heterocycles. The third-order valence-electron chi connectivity index (χ3n) is 3.28. The number of halogens is 1. The first kappa shape index (κ1) is 13.8. The van der Waals surface area contributed by atoms with Gasteiger partial charge in [-0.2, -0.15) is 0 Å². The Kier molecular flexibility index (Phi) is 4.74. The molecule has 1 N–H and O–H groups in total. The quantitative estimate of drug-likeness (QED) is 0.878. The second-order valence-electron chi connectivity index (χ2n) is 4.73. The van der Waals surface area contributed by atoms with Crippen molar-refractivity contribution in [3.8, 4) is 5.75 Å². The maximum Gasteiger partial charge on any atom is 0.226 e. The van der Waals surface area contributed by atoms with Crippen molar-refractivity contribution in [1.29, 1.82) is 0 Å². The van der Waals surface area contributed by atoms with E-state index in [1.54, 1.807) is 17.0 Å². The Morgan fingerprint density at radius 1 is 1.53 bits per heavy atom. The summed E-state index contributed by atoms with van der Waals surface area (Å²) in [6, 6.07) is 5.86. The van der Waals surface area contributed by atoms with Crippen molar-refractivity contribution >= 4 is 5.91 Å². The van der Waals surface area contributed by atoms with E-state index >= 15 is 0 Å². The summed E-state index contributed by atoms with van der Waals surface area (Å²) < 4.78 is 18.2. The lowest BCUT2D eigenvalue weighted by molar-refractivity contribution is -0.130. The van der Waals surface area contributed by atoms with Gasteiger partial charge in [0.1, 0.15) is 11.6 Å². The number of hydrogen-bond donors (Lipinski definition) is 1. The van der Waals surface area contributed by atoms with Crippen molar-refractivity contribution in [2.24, 2.45) is 5.92 Å². The molecule has 1 atom stereocenters. The van der Waals surface area contributed by atoms with Crippen LogP contribution in [0.2, 0.25) is 0 Å². The Balaban J connectivity index is 1.72. The molecule has 1 aliphatic rings. The Morgan fingerprint density at radius 3 is 3.05 bits per heavy atom. The monoisotopic (exact) mass is 267 g/mol. The zero-order valence-electron chi connectivity index (χ0n) is 10.7. The summed E-state index contributed by atoms with van der Waals surface area (Å²) in [6.07, 6.45) is 1.13. The highest BCUT2D eigenvalue weighted by Crippen LogP contribution is 2.17. The third kappa shape index (κ3) is 3.92.